The lowest BCUT2D eigenvalue weighted by Gasteiger charge is -2.29. The molecule has 9 nitrogen and oxygen atoms in total. The molecule has 2 aromatic rings. The Kier molecular flexibility index (Phi) is 8.16. The van der Waals surface area contributed by atoms with Crippen LogP contribution in [0, 0.1) is 0 Å². The van der Waals surface area contributed by atoms with Gasteiger partial charge >= 0.3 is 19.1 Å². The van der Waals surface area contributed by atoms with Gasteiger partial charge in [0.2, 0.25) is 18.6 Å². The van der Waals surface area contributed by atoms with Gasteiger partial charge in [0, 0.05) is 25.2 Å². The van der Waals surface area contributed by atoms with Gasteiger partial charge in [0.05, 0.1) is 12.4 Å². The van der Waals surface area contributed by atoms with E-state index in [4.69, 9.17) is 14.1 Å². The Bertz CT molecular complexity index is 1030. The average Bonchev–Trinajstić information content (AvgIpc) is 2.78. The molecule has 1 atom stereocenters. The summed E-state index contributed by atoms with van der Waals surface area (Å²) in [4.78, 5) is 40.2. The molecule has 1 aromatic heterocycles. The molecule has 2 heterocycles. The lowest BCUT2D eigenvalue weighted by atomic mass is 9.72. The van der Waals surface area contributed by atoms with Gasteiger partial charge in [0.25, 0.3) is 0 Å². The molecule has 0 spiro atoms. The number of rotatable bonds is 9. The number of carbonyl (C=O) groups is 3. The summed E-state index contributed by atoms with van der Waals surface area (Å²) in [5, 5.41) is 12.7. The van der Waals surface area contributed by atoms with Crippen LogP contribution in [0.25, 0.3) is 0 Å². The molecule has 0 saturated heterocycles. The minimum atomic E-state index is -2.98. The van der Waals surface area contributed by atoms with Gasteiger partial charge < -0.3 is 24.5 Å². The largest absolute Gasteiger partial charge is 0.547 e. The van der Waals surface area contributed by atoms with Crippen molar-refractivity contribution in [2.24, 2.45) is 0 Å². The smallest absolute Gasteiger partial charge is 0.534 e. The number of ether oxygens (including phenoxy) is 2. The molecule has 0 fully saturated rings. The fraction of sp³-hybridized carbons (Fsp3) is 0.364. The van der Waals surface area contributed by atoms with Crippen LogP contribution in [-0.4, -0.2) is 53.6 Å². The fourth-order valence-electron chi connectivity index (χ4n) is 3.27. The summed E-state index contributed by atoms with van der Waals surface area (Å²) in [6, 6.07) is 7.98. The van der Waals surface area contributed by atoms with Crippen molar-refractivity contribution in [1.82, 2.24) is 10.3 Å². The third-order valence-corrected chi connectivity index (χ3v) is 4.96. The zero-order chi connectivity index (χ0) is 24.7. The van der Waals surface area contributed by atoms with E-state index in [2.05, 4.69) is 10.3 Å². The van der Waals surface area contributed by atoms with Crippen molar-refractivity contribution < 1.29 is 42.3 Å². The number of esters is 2. The number of amides is 1. The van der Waals surface area contributed by atoms with E-state index in [1.807, 2.05) is 0 Å². The maximum atomic E-state index is 13.0. The van der Waals surface area contributed by atoms with Crippen molar-refractivity contribution >= 4 is 25.0 Å². The molecule has 0 unspecified atom stereocenters. The van der Waals surface area contributed by atoms with Crippen LogP contribution in [0.2, 0.25) is 0 Å². The third-order valence-electron chi connectivity index (χ3n) is 4.96. The molecule has 1 aliphatic rings. The maximum absolute atomic E-state index is 13.0. The van der Waals surface area contributed by atoms with Crippen molar-refractivity contribution in [3.63, 3.8) is 0 Å². The number of alkyl halides is 2. The summed E-state index contributed by atoms with van der Waals surface area (Å²) >= 11 is 0. The number of aromatic nitrogens is 1. The van der Waals surface area contributed by atoms with Crippen molar-refractivity contribution in [3.8, 4) is 5.75 Å². The van der Waals surface area contributed by atoms with Crippen LogP contribution in [0.3, 0.4) is 0 Å². The first kappa shape index (κ1) is 25.1. The van der Waals surface area contributed by atoms with Crippen LogP contribution < -0.4 is 9.97 Å². The lowest BCUT2D eigenvalue weighted by Crippen LogP contribution is -2.53. The Hall–Kier alpha value is -3.54. The van der Waals surface area contributed by atoms with Crippen molar-refractivity contribution in [2.75, 3.05) is 6.79 Å². The van der Waals surface area contributed by atoms with Crippen LogP contribution in [-0.2, 0) is 31.9 Å². The molecule has 1 aromatic carbocycles. The van der Waals surface area contributed by atoms with Crippen molar-refractivity contribution in [3.05, 3.63) is 59.4 Å². The van der Waals surface area contributed by atoms with Crippen molar-refractivity contribution in [2.45, 2.75) is 44.5 Å². The number of benzene rings is 1. The van der Waals surface area contributed by atoms with E-state index in [0.29, 0.717) is 11.1 Å². The van der Waals surface area contributed by atoms with E-state index in [1.54, 1.807) is 30.5 Å². The Morgan fingerprint density at radius 3 is 2.76 bits per heavy atom. The number of halogens is 2. The molecule has 1 aliphatic heterocycles. The molecule has 0 radical (unpaired) electrons. The van der Waals surface area contributed by atoms with Gasteiger partial charge in [-0.15, -0.1) is 0 Å². The van der Waals surface area contributed by atoms with Crippen LogP contribution in [0.15, 0.2) is 42.7 Å². The molecule has 12 heteroatoms. The highest BCUT2D eigenvalue weighted by Gasteiger charge is 2.38. The number of pyridine rings is 1. The molecule has 3 rings (SSSR count). The number of carbonyl (C=O) groups excluding carboxylic acids is 3. The summed E-state index contributed by atoms with van der Waals surface area (Å²) in [5.41, 5.74) is 1.14. The molecule has 0 saturated carbocycles. The monoisotopic (exact) mass is 476 g/mol. The number of hydrogen-bond acceptors (Lipinski definition) is 8. The second kappa shape index (κ2) is 11.1. The minimum absolute atomic E-state index is 0.00439. The quantitative estimate of drug-likeness (QED) is 0.320. The third kappa shape index (κ3) is 7.24. The number of nitrogens with one attached hydrogen (secondary N) is 1. The Morgan fingerprint density at radius 2 is 2.06 bits per heavy atom. The summed E-state index contributed by atoms with van der Waals surface area (Å²) in [5.74, 6) is -5.90. The zero-order valence-corrected chi connectivity index (χ0v) is 18.3. The molecular formula is C22H23BF2N2O7. The zero-order valence-electron chi connectivity index (χ0n) is 18.3. The Morgan fingerprint density at radius 1 is 1.26 bits per heavy atom. The second-order valence-corrected chi connectivity index (χ2v) is 7.85. The number of fused-ring (bicyclic) bond motifs is 1. The highest BCUT2D eigenvalue weighted by Crippen LogP contribution is 2.30. The van der Waals surface area contributed by atoms with Crippen LogP contribution in [0.4, 0.5) is 8.78 Å². The molecule has 0 bridgehead atoms. The van der Waals surface area contributed by atoms with E-state index in [-0.39, 0.29) is 24.2 Å². The van der Waals surface area contributed by atoms with Gasteiger partial charge in [-0.05, 0) is 36.6 Å². The molecule has 1 amide bonds. The fourth-order valence-corrected chi connectivity index (χ4v) is 3.27. The molecule has 0 aliphatic carbocycles. The first-order valence-corrected chi connectivity index (χ1v) is 10.5. The van der Waals surface area contributed by atoms with E-state index >= 15 is 0 Å². The summed E-state index contributed by atoms with van der Waals surface area (Å²) in [7, 11) is -1.51. The average molecular weight is 476 g/mol. The van der Waals surface area contributed by atoms with Gasteiger partial charge in [-0.1, -0.05) is 18.2 Å². The van der Waals surface area contributed by atoms with Crippen LogP contribution >= 0.6 is 0 Å². The van der Waals surface area contributed by atoms with Crippen molar-refractivity contribution in [1.29, 1.82) is 0 Å². The summed E-state index contributed by atoms with van der Waals surface area (Å²) in [6.07, 6.45) is 2.12. The number of hydrogen-bond donors (Lipinski definition) is 2. The Labute approximate surface area is 194 Å². The van der Waals surface area contributed by atoms with E-state index in [0.717, 1.165) is 6.92 Å². The standard InChI is InChI=1S/C22H23BF2N2O7/c1-22(24,25)8-7-18(28)27-17-11-15-5-2-6-16(20(15)34-23(17)31)21(30)33-13-32-19(29)10-14-4-3-9-26-12-14/h2-6,9,12,17,31H,7-8,10-11,13H2,1H3,(H,27,28)/t17-/m0/s1. The van der Waals surface area contributed by atoms with Crippen LogP contribution in [0.1, 0.15) is 41.3 Å². The minimum Gasteiger partial charge on any atom is -0.534 e. The van der Waals surface area contributed by atoms with Crippen LogP contribution in [0.5, 0.6) is 5.75 Å². The number of para-hydroxylation sites is 1. The van der Waals surface area contributed by atoms with Gasteiger partial charge in [-0.3, -0.25) is 14.6 Å². The van der Waals surface area contributed by atoms with E-state index in [1.165, 1.54) is 12.3 Å². The first-order valence-electron chi connectivity index (χ1n) is 10.5. The normalized spacial score (nSPS) is 15.1. The van der Waals surface area contributed by atoms with Gasteiger partial charge in [-0.25, -0.2) is 13.6 Å². The highest BCUT2D eigenvalue weighted by atomic mass is 19.3. The molecule has 180 valence electrons. The summed E-state index contributed by atoms with van der Waals surface area (Å²) in [6.45, 7) is 0.0995. The first-order chi connectivity index (χ1) is 16.1. The SMILES string of the molecule is CC(F)(F)CCC(=O)N[C@H]1Cc2cccc(C(=O)OCOC(=O)Cc3cccnc3)c2OB1O. The number of nitrogens with zero attached hydrogens (tertiary/aromatic N) is 1. The topological polar surface area (TPSA) is 124 Å². The van der Waals surface area contributed by atoms with E-state index < -0.39 is 56.5 Å². The Balaban J connectivity index is 1.55. The highest BCUT2D eigenvalue weighted by molar-refractivity contribution is 6.47. The lowest BCUT2D eigenvalue weighted by molar-refractivity contribution is -0.151. The van der Waals surface area contributed by atoms with Gasteiger partial charge in [0.1, 0.15) is 11.3 Å². The van der Waals surface area contributed by atoms with Gasteiger partial charge in [0.15, 0.2) is 0 Å². The predicted molar refractivity (Wildman–Crippen MR) is 115 cm³/mol. The van der Waals surface area contributed by atoms with E-state index in [9.17, 15) is 28.2 Å². The maximum Gasteiger partial charge on any atom is 0.547 e. The molecule has 2 N–H and O–H groups in total. The second-order valence-electron chi connectivity index (χ2n) is 7.85. The molecular weight excluding hydrogens is 453 g/mol. The predicted octanol–water partition coefficient (Wildman–Crippen LogP) is 1.86. The summed E-state index contributed by atoms with van der Waals surface area (Å²) < 4.78 is 41.2. The molecule has 34 heavy (non-hydrogen) atoms. The van der Waals surface area contributed by atoms with Gasteiger partial charge in [-0.2, -0.15) is 0 Å².